The molecule has 0 aliphatic carbocycles. The Morgan fingerprint density at radius 1 is 0.829 bits per heavy atom. The fourth-order valence-electron chi connectivity index (χ4n) is 4.67. The average molecular weight is 483 g/mol. The number of hydrogen-bond donors (Lipinski definition) is 0. The molecule has 35 heavy (non-hydrogen) atoms. The molecule has 1 heterocycles. The Labute approximate surface area is 209 Å². The van der Waals surface area contributed by atoms with Gasteiger partial charge in [0.15, 0.2) is 11.5 Å². The number of carbonyl (C=O) groups excluding carboxylic acids is 2. The van der Waals surface area contributed by atoms with E-state index in [0.29, 0.717) is 30.2 Å². The lowest BCUT2D eigenvalue weighted by molar-refractivity contribution is -0.159. The number of methoxy groups -OCH3 is 3. The number of hydrogen-bond acceptors (Lipinski definition) is 5. The molecule has 190 valence electrons. The number of carbonyl (C=O) groups is 2. The van der Waals surface area contributed by atoms with E-state index in [2.05, 4.69) is 6.92 Å². The van der Waals surface area contributed by atoms with Crippen molar-refractivity contribution < 1.29 is 23.8 Å². The Bertz CT molecular complexity index is 996. The van der Waals surface area contributed by atoms with Gasteiger partial charge in [-0.15, -0.1) is 0 Å². The summed E-state index contributed by atoms with van der Waals surface area (Å²) < 4.78 is 16.4. The number of amides is 2. The van der Waals surface area contributed by atoms with Crippen molar-refractivity contribution >= 4 is 11.8 Å². The minimum absolute atomic E-state index is 0.000801. The first-order valence-electron chi connectivity index (χ1n) is 12.3. The molecule has 2 atom stereocenters. The van der Waals surface area contributed by atoms with Gasteiger partial charge in [0.2, 0.25) is 17.6 Å². The van der Waals surface area contributed by atoms with Gasteiger partial charge in [0, 0.05) is 20.0 Å². The molecule has 1 fully saturated rings. The van der Waals surface area contributed by atoms with Crippen LogP contribution in [0.5, 0.6) is 17.2 Å². The topological polar surface area (TPSA) is 68.3 Å². The number of unbranched alkanes of at least 4 members (excludes halogenated alkanes) is 3. The zero-order valence-corrected chi connectivity index (χ0v) is 21.8. The fourth-order valence-corrected chi connectivity index (χ4v) is 4.67. The quantitative estimate of drug-likeness (QED) is 0.439. The summed E-state index contributed by atoms with van der Waals surface area (Å²) in [4.78, 5) is 29.6. The minimum Gasteiger partial charge on any atom is -0.493 e. The summed E-state index contributed by atoms with van der Waals surface area (Å²) in [5.41, 5.74) is 2.91. The number of benzene rings is 2. The highest BCUT2D eigenvalue weighted by Crippen LogP contribution is 2.41. The predicted molar refractivity (Wildman–Crippen MR) is 137 cm³/mol. The molecule has 7 heteroatoms. The number of piperazine rings is 1. The molecule has 1 aliphatic rings. The van der Waals surface area contributed by atoms with E-state index < -0.39 is 12.1 Å². The van der Waals surface area contributed by atoms with E-state index in [-0.39, 0.29) is 11.8 Å². The Kier molecular flexibility index (Phi) is 9.01. The van der Waals surface area contributed by atoms with E-state index in [1.54, 1.807) is 38.2 Å². The molecule has 0 aromatic heterocycles. The molecule has 1 aliphatic heterocycles. The van der Waals surface area contributed by atoms with E-state index >= 15 is 0 Å². The van der Waals surface area contributed by atoms with Crippen LogP contribution in [-0.2, 0) is 16.0 Å². The summed E-state index contributed by atoms with van der Waals surface area (Å²) in [6.07, 6.45) is 4.77. The van der Waals surface area contributed by atoms with Crippen molar-refractivity contribution in [2.24, 2.45) is 0 Å². The van der Waals surface area contributed by atoms with Gasteiger partial charge in [0.05, 0.1) is 21.3 Å². The molecule has 0 bridgehead atoms. The van der Waals surface area contributed by atoms with Crippen molar-refractivity contribution in [3.8, 4) is 28.4 Å². The van der Waals surface area contributed by atoms with E-state index in [4.69, 9.17) is 14.2 Å². The molecule has 0 saturated carbocycles. The molecule has 0 unspecified atom stereocenters. The van der Waals surface area contributed by atoms with Gasteiger partial charge in [-0.3, -0.25) is 9.59 Å². The number of nitrogens with zero attached hydrogens (tertiary/aromatic N) is 2. The molecule has 2 aromatic carbocycles. The number of rotatable bonds is 11. The first kappa shape index (κ1) is 26.4. The zero-order chi connectivity index (χ0) is 25.5. The van der Waals surface area contributed by atoms with E-state index in [1.165, 1.54) is 0 Å². The van der Waals surface area contributed by atoms with Crippen molar-refractivity contribution in [2.45, 2.75) is 58.0 Å². The van der Waals surface area contributed by atoms with Crippen LogP contribution < -0.4 is 14.2 Å². The van der Waals surface area contributed by atoms with Crippen LogP contribution in [0.2, 0.25) is 0 Å². The standard InChI is InChI=1S/C28H38N2O5/c1-7-8-9-10-15-30-19(2)27(31)29(3)23(28(30)32)16-20-11-13-21(14-12-20)22-17-24(33-4)26(35-6)25(18-22)34-5/h11-14,17-19,23H,7-10,15-16H2,1-6H3/t19-,23-/m0/s1. The van der Waals surface area contributed by atoms with Crippen molar-refractivity contribution in [3.05, 3.63) is 42.0 Å². The second-order valence-electron chi connectivity index (χ2n) is 9.05. The first-order valence-corrected chi connectivity index (χ1v) is 12.3. The third-order valence-corrected chi connectivity index (χ3v) is 6.84. The predicted octanol–water partition coefficient (Wildman–Crippen LogP) is 4.56. The van der Waals surface area contributed by atoms with Crippen LogP contribution in [0, 0.1) is 0 Å². The Balaban J connectivity index is 1.78. The highest BCUT2D eigenvalue weighted by molar-refractivity contribution is 5.96. The summed E-state index contributed by atoms with van der Waals surface area (Å²) in [7, 11) is 6.50. The van der Waals surface area contributed by atoms with Crippen LogP contribution in [0.4, 0.5) is 0 Å². The van der Waals surface area contributed by atoms with Gasteiger partial charge in [-0.25, -0.2) is 0 Å². The normalized spacial score (nSPS) is 18.1. The molecule has 2 amide bonds. The number of likely N-dealkylation sites (N-methyl/N-ethyl adjacent to an activating group) is 1. The lowest BCUT2D eigenvalue weighted by atomic mass is 9.96. The van der Waals surface area contributed by atoms with E-state index in [1.807, 2.05) is 43.3 Å². The van der Waals surface area contributed by atoms with Gasteiger partial charge < -0.3 is 24.0 Å². The van der Waals surface area contributed by atoms with Crippen LogP contribution in [0.15, 0.2) is 36.4 Å². The Morgan fingerprint density at radius 3 is 2.00 bits per heavy atom. The maximum absolute atomic E-state index is 13.3. The highest BCUT2D eigenvalue weighted by atomic mass is 16.5. The zero-order valence-electron chi connectivity index (χ0n) is 21.8. The molecule has 0 spiro atoms. The number of ether oxygens (including phenoxy) is 3. The Morgan fingerprint density at radius 2 is 1.46 bits per heavy atom. The maximum atomic E-state index is 13.3. The lowest BCUT2D eigenvalue weighted by Crippen LogP contribution is -2.63. The molecular weight excluding hydrogens is 444 g/mol. The smallest absolute Gasteiger partial charge is 0.246 e. The SMILES string of the molecule is CCCCCCN1C(=O)[C@H](Cc2ccc(-c3cc(OC)c(OC)c(OC)c3)cc2)N(C)C(=O)[C@@H]1C. The van der Waals surface area contributed by atoms with E-state index in [9.17, 15) is 9.59 Å². The average Bonchev–Trinajstić information content (AvgIpc) is 2.89. The first-order chi connectivity index (χ1) is 16.9. The summed E-state index contributed by atoms with van der Waals surface area (Å²) in [6, 6.07) is 11.0. The van der Waals surface area contributed by atoms with E-state index in [0.717, 1.165) is 42.4 Å². The molecule has 0 radical (unpaired) electrons. The molecule has 7 nitrogen and oxygen atoms in total. The summed E-state index contributed by atoms with van der Waals surface area (Å²) in [5.74, 6) is 1.76. The van der Waals surface area contributed by atoms with Crippen LogP contribution in [-0.4, -0.2) is 68.6 Å². The third-order valence-electron chi connectivity index (χ3n) is 6.84. The van der Waals surface area contributed by atoms with Crippen LogP contribution in [0.1, 0.15) is 45.1 Å². The third kappa shape index (κ3) is 5.72. The minimum atomic E-state index is -0.489. The Hall–Kier alpha value is -3.22. The van der Waals surface area contributed by atoms with Gasteiger partial charge in [-0.1, -0.05) is 50.5 Å². The van der Waals surface area contributed by atoms with Crippen molar-refractivity contribution in [1.82, 2.24) is 9.80 Å². The molecule has 1 saturated heterocycles. The van der Waals surface area contributed by atoms with Gasteiger partial charge in [0.25, 0.3) is 0 Å². The monoisotopic (exact) mass is 482 g/mol. The second-order valence-corrected chi connectivity index (χ2v) is 9.05. The summed E-state index contributed by atoms with van der Waals surface area (Å²) in [5, 5.41) is 0. The van der Waals surface area contributed by atoms with Crippen LogP contribution >= 0.6 is 0 Å². The maximum Gasteiger partial charge on any atom is 0.246 e. The lowest BCUT2D eigenvalue weighted by Gasteiger charge is -2.42. The largest absolute Gasteiger partial charge is 0.493 e. The molecule has 3 rings (SSSR count). The highest BCUT2D eigenvalue weighted by Gasteiger charge is 2.41. The summed E-state index contributed by atoms with van der Waals surface area (Å²) in [6.45, 7) is 4.63. The van der Waals surface area contributed by atoms with Gasteiger partial charge in [-0.2, -0.15) is 0 Å². The molecule has 2 aromatic rings. The molecule has 0 N–H and O–H groups in total. The van der Waals surface area contributed by atoms with Gasteiger partial charge in [0.1, 0.15) is 12.1 Å². The van der Waals surface area contributed by atoms with Crippen molar-refractivity contribution in [1.29, 1.82) is 0 Å². The fraction of sp³-hybridized carbons (Fsp3) is 0.500. The van der Waals surface area contributed by atoms with Gasteiger partial charge >= 0.3 is 0 Å². The van der Waals surface area contributed by atoms with Crippen LogP contribution in [0.3, 0.4) is 0 Å². The summed E-state index contributed by atoms with van der Waals surface area (Å²) >= 11 is 0. The second kappa shape index (κ2) is 12.0. The van der Waals surface area contributed by atoms with Crippen LogP contribution in [0.25, 0.3) is 11.1 Å². The molecular formula is C28H38N2O5. The van der Waals surface area contributed by atoms with Crippen molar-refractivity contribution in [3.63, 3.8) is 0 Å². The van der Waals surface area contributed by atoms with Gasteiger partial charge in [-0.05, 0) is 42.2 Å². The van der Waals surface area contributed by atoms with Crippen molar-refractivity contribution in [2.75, 3.05) is 34.9 Å².